The molecule has 3 aromatic rings. The highest BCUT2D eigenvalue weighted by Crippen LogP contribution is 2.49. The minimum Gasteiger partial charge on any atom is -0.424 e. The average molecular weight is 450 g/mol. The number of benzene rings is 3. The third-order valence-electron chi connectivity index (χ3n) is 5.91. The number of rotatable bonds is 3. The number of aryl methyl sites for hydroxylation is 1. The third kappa shape index (κ3) is 3.52. The smallest absolute Gasteiger partial charge is 0.350 e. The molecule has 3 nitrogen and oxygen atoms in total. The van der Waals surface area contributed by atoms with Crippen molar-refractivity contribution in [2.75, 3.05) is 4.90 Å². The number of anilines is 2. The van der Waals surface area contributed by atoms with E-state index in [-0.39, 0.29) is 0 Å². The second-order valence-electron chi connectivity index (χ2n) is 7.82. The fraction of sp³-hybridized carbons (Fsp3) is 0.192. The van der Waals surface area contributed by atoms with Crippen LogP contribution in [-0.2, 0) is 16.0 Å². The van der Waals surface area contributed by atoms with Crippen LogP contribution in [-0.4, -0.2) is 16.3 Å². The quantitative estimate of drug-likeness (QED) is 0.330. The first-order valence-electron chi connectivity index (χ1n) is 10.4. The molecule has 1 aliphatic carbocycles. The number of para-hydroxylation sites is 2. The summed E-state index contributed by atoms with van der Waals surface area (Å²) in [5, 5.41) is 0. The van der Waals surface area contributed by atoms with Crippen molar-refractivity contribution in [2.45, 2.75) is 29.6 Å². The predicted octanol–water partition coefficient (Wildman–Crippen LogP) is 6.67. The number of hydrogen-bond acceptors (Lipinski definition) is 3. The van der Waals surface area contributed by atoms with Crippen LogP contribution >= 0.6 is 23.2 Å². The molecule has 3 aromatic carbocycles. The fourth-order valence-electron chi connectivity index (χ4n) is 4.53. The molecule has 0 saturated carbocycles. The molecule has 1 heterocycles. The molecule has 0 bridgehead atoms. The fourth-order valence-corrected chi connectivity index (χ4v) is 5.07. The number of alkyl halides is 2. The minimum absolute atomic E-state index is 0.594. The van der Waals surface area contributed by atoms with Crippen LogP contribution in [0.25, 0.3) is 5.76 Å². The summed E-state index contributed by atoms with van der Waals surface area (Å²) < 4.78 is 4.05. The van der Waals surface area contributed by atoms with Gasteiger partial charge in [0.15, 0.2) is 0 Å². The second kappa shape index (κ2) is 8.07. The lowest BCUT2D eigenvalue weighted by molar-refractivity contribution is -0.138. The number of hydrogen-bond donors (Lipinski definition) is 0. The Morgan fingerprint density at radius 2 is 1.39 bits per heavy atom. The third-order valence-corrected chi connectivity index (χ3v) is 6.64. The van der Waals surface area contributed by atoms with E-state index in [9.17, 15) is 4.79 Å². The number of nitrogens with zero attached hydrogens (tertiary/aromatic N) is 1. The van der Waals surface area contributed by atoms with Gasteiger partial charge in [0.1, 0.15) is 11.8 Å². The molecule has 0 radical (unpaired) electrons. The largest absolute Gasteiger partial charge is 0.424 e. The topological polar surface area (TPSA) is 29.5 Å². The summed E-state index contributed by atoms with van der Waals surface area (Å²) in [5.41, 5.74) is 4.87. The summed E-state index contributed by atoms with van der Waals surface area (Å²) in [4.78, 5) is 15.2. The van der Waals surface area contributed by atoms with Gasteiger partial charge in [-0.3, -0.25) is 0 Å². The molecule has 0 amide bonds. The van der Waals surface area contributed by atoms with E-state index in [2.05, 4.69) is 11.0 Å². The van der Waals surface area contributed by atoms with Gasteiger partial charge in [0.25, 0.3) is 0 Å². The molecule has 5 rings (SSSR count). The Morgan fingerprint density at radius 1 is 0.806 bits per heavy atom. The Bertz CT molecular complexity index is 1100. The molecular weight excluding hydrogens is 429 g/mol. The van der Waals surface area contributed by atoms with Crippen LogP contribution in [0.2, 0.25) is 0 Å². The number of carbonyl (C=O) groups excluding carboxylic acids is 1. The normalized spacial score (nSPS) is 19.7. The van der Waals surface area contributed by atoms with E-state index >= 15 is 0 Å². The lowest BCUT2D eigenvalue weighted by Crippen LogP contribution is -2.53. The summed E-state index contributed by atoms with van der Waals surface area (Å²) in [7, 11) is 0. The number of carbonyl (C=O) groups is 1. The van der Waals surface area contributed by atoms with Gasteiger partial charge in [-0.05, 0) is 54.7 Å². The molecule has 1 aliphatic heterocycles. The van der Waals surface area contributed by atoms with E-state index in [1.54, 1.807) is 0 Å². The molecule has 1 unspecified atom stereocenters. The second-order valence-corrected chi connectivity index (χ2v) is 9.21. The van der Waals surface area contributed by atoms with Gasteiger partial charge in [-0.1, -0.05) is 83.9 Å². The summed E-state index contributed by atoms with van der Waals surface area (Å²) >= 11 is 13.6. The van der Waals surface area contributed by atoms with Crippen molar-refractivity contribution in [3.63, 3.8) is 0 Å². The van der Waals surface area contributed by atoms with E-state index in [4.69, 9.17) is 27.9 Å². The Hall–Kier alpha value is -2.75. The van der Waals surface area contributed by atoms with Crippen LogP contribution in [0, 0.1) is 0 Å². The van der Waals surface area contributed by atoms with Crippen molar-refractivity contribution in [2.24, 2.45) is 0 Å². The zero-order valence-electron chi connectivity index (χ0n) is 16.8. The lowest BCUT2D eigenvalue weighted by atomic mass is 9.91. The Balaban J connectivity index is 1.77. The monoisotopic (exact) mass is 449 g/mol. The summed E-state index contributed by atoms with van der Waals surface area (Å²) in [5.74, 6) is -0.0509. The number of ether oxygens (including phenoxy) is 1. The first-order chi connectivity index (χ1) is 15.1. The Labute approximate surface area is 191 Å². The number of esters is 1. The van der Waals surface area contributed by atoms with Gasteiger partial charge >= 0.3 is 5.97 Å². The molecule has 0 saturated heterocycles. The molecule has 5 heteroatoms. The molecule has 0 aromatic heterocycles. The molecule has 1 atom stereocenters. The van der Waals surface area contributed by atoms with E-state index in [0.717, 1.165) is 41.8 Å². The van der Waals surface area contributed by atoms with Crippen LogP contribution in [0.1, 0.15) is 24.0 Å². The Morgan fingerprint density at radius 3 is 2.03 bits per heavy atom. The highest BCUT2D eigenvalue weighted by Gasteiger charge is 2.54. The van der Waals surface area contributed by atoms with Gasteiger partial charge in [0.05, 0.1) is 0 Å². The first-order valence-corrected chi connectivity index (χ1v) is 11.1. The summed E-state index contributed by atoms with van der Waals surface area (Å²) in [6.45, 7) is 0. The van der Waals surface area contributed by atoms with Crippen LogP contribution in [0.15, 0.2) is 90.5 Å². The van der Waals surface area contributed by atoms with Crippen molar-refractivity contribution in [1.29, 1.82) is 0 Å². The van der Waals surface area contributed by atoms with Crippen LogP contribution in [0.4, 0.5) is 11.4 Å². The van der Waals surface area contributed by atoms with Crippen molar-refractivity contribution in [3.8, 4) is 0 Å². The average Bonchev–Trinajstić information content (AvgIpc) is 2.97. The Kier molecular flexibility index (Phi) is 5.25. The molecule has 0 fully saturated rings. The van der Waals surface area contributed by atoms with Crippen LogP contribution < -0.4 is 4.90 Å². The minimum atomic E-state index is -1.76. The maximum atomic E-state index is 13.1. The molecule has 0 spiro atoms. The molecule has 0 N–H and O–H groups in total. The molecule has 2 aliphatic rings. The van der Waals surface area contributed by atoms with E-state index < -0.39 is 16.3 Å². The van der Waals surface area contributed by atoms with Gasteiger partial charge in [-0.2, -0.15) is 0 Å². The lowest BCUT2D eigenvalue weighted by Gasteiger charge is -2.43. The van der Waals surface area contributed by atoms with Gasteiger partial charge in [0.2, 0.25) is 4.33 Å². The number of halogens is 2. The van der Waals surface area contributed by atoms with Gasteiger partial charge in [-0.15, -0.1) is 0 Å². The van der Waals surface area contributed by atoms with Crippen molar-refractivity contribution in [1.82, 2.24) is 0 Å². The van der Waals surface area contributed by atoms with E-state index in [0.29, 0.717) is 5.76 Å². The zero-order valence-corrected chi connectivity index (χ0v) is 18.3. The van der Waals surface area contributed by atoms with Gasteiger partial charge in [0, 0.05) is 16.9 Å². The van der Waals surface area contributed by atoms with E-state index in [1.165, 1.54) is 5.56 Å². The van der Waals surface area contributed by atoms with E-state index in [1.807, 2.05) is 78.9 Å². The van der Waals surface area contributed by atoms with Crippen molar-refractivity contribution < 1.29 is 9.53 Å². The number of fused-ring (bicyclic) bond motifs is 2. The highest BCUT2D eigenvalue weighted by atomic mass is 35.5. The van der Waals surface area contributed by atoms with Crippen LogP contribution in [0.3, 0.4) is 0 Å². The molecule has 31 heavy (non-hydrogen) atoms. The maximum absolute atomic E-state index is 13.1. The summed E-state index contributed by atoms with van der Waals surface area (Å²) in [6.07, 6.45) is 2.56. The highest BCUT2D eigenvalue weighted by molar-refractivity contribution is 6.59. The molecule has 156 valence electrons. The standard InChI is InChI=1S/C26H21Cl2NO2/c27-26(28)24(29(19-12-3-1-4-13-19)20-14-5-2-6-15-20)22-17-9-11-18-10-7-8-16-21(18)23(22)31-25(26)30/h1-8,10,12-16,24H,9,11,17H2. The predicted molar refractivity (Wildman–Crippen MR) is 126 cm³/mol. The first kappa shape index (κ1) is 20.2. The summed E-state index contributed by atoms with van der Waals surface area (Å²) in [6, 6.07) is 27.3. The van der Waals surface area contributed by atoms with Gasteiger partial charge in [-0.25, -0.2) is 4.79 Å². The van der Waals surface area contributed by atoms with Crippen molar-refractivity contribution in [3.05, 3.63) is 102 Å². The zero-order chi connectivity index (χ0) is 21.4. The molecular formula is C26H21Cl2NO2. The van der Waals surface area contributed by atoms with Crippen LogP contribution in [0.5, 0.6) is 0 Å². The van der Waals surface area contributed by atoms with Gasteiger partial charge < -0.3 is 9.64 Å². The SMILES string of the molecule is O=C1OC2=C(CCCc3ccccc32)C(N(c2ccccc2)c2ccccc2)C1(Cl)Cl. The van der Waals surface area contributed by atoms with Crippen molar-refractivity contribution >= 4 is 46.3 Å². The maximum Gasteiger partial charge on any atom is 0.350 e.